The highest BCUT2D eigenvalue weighted by Gasteiger charge is 2.33. The molecule has 3 rings (SSSR count). The van der Waals surface area contributed by atoms with E-state index in [4.69, 9.17) is 9.47 Å². The number of morpholine rings is 1. The molecule has 1 heterocycles. The summed E-state index contributed by atoms with van der Waals surface area (Å²) in [6.07, 6.45) is 3.11. The van der Waals surface area contributed by atoms with Crippen LogP contribution in [0.3, 0.4) is 0 Å². The number of halogens is 1. The van der Waals surface area contributed by atoms with Crippen LogP contribution in [0, 0.1) is 5.82 Å². The molecule has 1 fully saturated rings. The molecule has 0 atom stereocenters. The van der Waals surface area contributed by atoms with Gasteiger partial charge in [-0.3, -0.25) is 4.79 Å². The molecule has 6 heteroatoms. The van der Waals surface area contributed by atoms with Crippen LogP contribution in [0.1, 0.15) is 25.3 Å². The first kappa shape index (κ1) is 18.3. The van der Waals surface area contributed by atoms with Gasteiger partial charge in [-0.15, -0.1) is 0 Å². The van der Waals surface area contributed by atoms with Gasteiger partial charge in [0.1, 0.15) is 5.82 Å². The van der Waals surface area contributed by atoms with Crippen LogP contribution in [0.2, 0.25) is 0 Å². The number of carbonyl (C=O) groups is 2. The number of hydrogen-bond acceptors (Lipinski definition) is 5. The molecular formula is C20H22FNO4. The first-order chi connectivity index (χ1) is 12.6. The Hall–Kier alpha value is -2.47. The molecule has 1 aliphatic heterocycles. The van der Waals surface area contributed by atoms with Gasteiger partial charge < -0.3 is 14.4 Å². The predicted molar refractivity (Wildman–Crippen MR) is 94.7 cm³/mol. The largest absolute Gasteiger partial charge is 0.460 e. The minimum Gasteiger partial charge on any atom is -0.460 e. The van der Waals surface area contributed by atoms with Crippen molar-refractivity contribution in [3.05, 3.63) is 52.5 Å². The number of rotatable bonds is 5. The van der Waals surface area contributed by atoms with Crippen LogP contribution in [-0.4, -0.2) is 49.6 Å². The number of Topliss-reactive ketones (excluding diaryl/α,β-unsaturated/α-hetero) is 1. The standard InChI is InChI=1S/C20H22FNO4/c1-2-26-20(24)19(23)17-8-5-15(13-14-3-6-16(21)7-4-14)18(17)22-9-11-25-12-10-22/h3-4,6-7,13H,2,5,8-12H2,1H3/b15-13-. The Kier molecular flexibility index (Phi) is 5.83. The van der Waals surface area contributed by atoms with Crippen LogP contribution in [0.4, 0.5) is 4.39 Å². The van der Waals surface area contributed by atoms with Gasteiger partial charge in [0.05, 0.1) is 19.8 Å². The zero-order valence-electron chi connectivity index (χ0n) is 14.8. The van der Waals surface area contributed by atoms with E-state index < -0.39 is 11.8 Å². The highest BCUT2D eigenvalue weighted by molar-refractivity contribution is 6.40. The minimum absolute atomic E-state index is 0.170. The van der Waals surface area contributed by atoms with Gasteiger partial charge in [0.2, 0.25) is 0 Å². The summed E-state index contributed by atoms with van der Waals surface area (Å²) in [6, 6.07) is 6.21. The molecule has 0 spiro atoms. The van der Waals surface area contributed by atoms with Gasteiger partial charge in [0.25, 0.3) is 5.78 Å². The van der Waals surface area contributed by atoms with Gasteiger partial charge in [-0.25, -0.2) is 9.18 Å². The monoisotopic (exact) mass is 359 g/mol. The summed E-state index contributed by atoms with van der Waals surface area (Å²) in [7, 11) is 0. The molecule has 1 aliphatic carbocycles. The molecule has 0 amide bonds. The molecular weight excluding hydrogens is 337 g/mol. The number of ketones is 1. The molecule has 0 N–H and O–H groups in total. The fraction of sp³-hybridized carbons (Fsp3) is 0.400. The molecule has 0 aromatic heterocycles. The molecule has 5 nitrogen and oxygen atoms in total. The maximum Gasteiger partial charge on any atom is 0.379 e. The van der Waals surface area contributed by atoms with Gasteiger partial charge in [0.15, 0.2) is 0 Å². The zero-order chi connectivity index (χ0) is 18.5. The lowest BCUT2D eigenvalue weighted by Crippen LogP contribution is -2.37. The SMILES string of the molecule is CCOC(=O)C(=O)C1=C(N2CCOCC2)/C(=C\c2ccc(F)cc2)CC1. The van der Waals surface area contributed by atoms with Crippen LogP contribution in [0.25, 0.3) is 6.08 Å². The van der Waals surface area contributed by atoms with E-state index in [1.807, 2.05) is 6.08 Å². The normalized spacial score (nSPS) is 19.2. The predicted octanol–water partition coefficient (Wildman–Crippen LogP) is 2.72. The van der Waals surface area contributed by atoms with Crippen molar-refractivity contribution in [2.75, 3.05) is 32.9 Å². The van der Waals surface area contributed by atoms with E-state index in [9.17, 15) is 14.0 Å². The van der Waals surface area contributed by atoms with E-state index >= 15 is 0 Å². The van der Waals surface area contributed by atoms with E-state index in [1.54, 1.807) is 19.1 Å². The number of allylic oxidation sites excluding steroid dienone is 1. The summed E-state index contributed by atoms with van der Waals surface area (Å²) < 4.78 is 23.4. The number of esters is 1. The molecule has 138 valence electrons. The quantitative estimate of drug-likeness (QED) is 0.598. The molecule has 2 aliphatic rings. The lowest BCUT2D eigenvalue weighted by atomic mass is 10.1. The minimum atomic E-state index is -0.809. The summed E-state index contributed by atoms with van der Waals surface area (Å²) in [6.45, 7) is 4.33. The van der Waals surface area contributed by atoms with E-state index in [0.717, 1.165) is 16.8 Å². The Labute approximate surface area is 152 Å². The van der Waals surface area contributed by atoms with Crippen LogP contribution < -0.4 is 0 Å². The van der Waals surface area contributed by atoms with Crippen molar-refractivity contribution in [3.8, 4) is 0 Å². The van der Waals surface area contributed by atoms with Crippen molar-refractivity contribution in [2.45, 2.75) is 19.8 Å². The van der Waals surface area contributed by atoms with Crippen molar-refractivity contribution in [3.63, 3.8) is 0 Å². The molecule has 1 saturated heterocycles. The second-order valence-corrected chi connectivity index (χ2v) is 6.20. The van der Waals surface area contributed by atoms with E-state index in [1.165, 1.54) is 12.1 Å². The summed E-state index contributed by atoms with van der Waals surface area (Å²) >= 11 is 0. The third-order valence-corrected chi connectivity index (χ3v) is 4.51. The van der Waals surface area contributed by atoms with Crippen molar-refractivity contribution in [1.82, 2.24) is 4.90 Å². The molecule has 1 aromatic carbocycles. The smallest absolute Gasteiger partial charge is 0.379 e. The van der Waals surface area contributed by atoms with E-state index in [-0.39, 0.29) is 12.4 Å². The van der Waals surface area contributed by atoms with Crippen molar-refractivity contribution in [2.24, 2.45) is 0 Å². The summed E-state index contributed by atoms with van der Waals surface area (Å²) in [5.74, 6) is -1.67. The van der Waals surface area contributed by atoms with Crippen LogP contribution in [0.15, 0.2) is 41.1 Å². The van der Waals surface area contributed by atoms with Crippen LogP contribution >= 0.6 is 0 Å². The Morgan fingerprint density at radius 3 is 2.54 bits per heavy atom. The van der Waals surface area contributed by atoms with Crippen LogP contribution in [0.5, 0.6) is 0 Å². The molecule has 0 bridgehead atoms. The fourth-order valence-electron chi connectivity index (χ4n) is 3.31. The second kappa shape index (κ2) is 8.27. The van der Waals surface area contributed by atoms with Crippen molar-refractivity contribution < 1.29 is 23.5 Å². The first-order valence-corrected chi connectivity index (χ1v) is 8.84. The number of hydrogen-bond donors (Lipinski definition) is 0. The van der Waals surface area contributed by atoms with Crippen LogP contribution in [-0.2, 0) is 19.1 Å². The Balaban J connectivity index is 1.97. The first-order valence-electron chi connectivity index (χ1n) is 8.84. The average molecular weight is 359 g/mol. The second-order valence-electron chi connectivity index (χ2n) is 6.20. The van der Waals surface area contributed by atoms with Gasteiger partial charge >= 0.3 is 5.97 Å². The molecule has 1 aromatic rings. The molecule has 0 radical (unpaired) electrons. The fourth-order valence-corrected chi connectivity index (χ4v) is 3.31. The lowest BCUT2D eigenvalue weighted by molar-refractivity contribution is -0.151. The number of nitrogens with zero attached hydrogens (tertiary/aromatic N) is 1. The maximum absolute atomic E-state index is 13.1. The van der Waals surface area contributed by atoms with Gasteiger partial charge in [-0.2, -0.15) is 0 Å². The van der Waals surface area contributed by atoms with Gasteiger partial charge in [-0.1, -0.05) is 12.1 Å². The van der Waals surface area contributed by atoms with Gasteiger partial charge in [-0.05, 0) is 49.1 Å². The van der Waals surface area contributed by atoms with Crippen molar-refractivity contribution >= 4 is 17.8 Å². The number of carbonyl (C=O) groups excluding carboxylic acids is 2. The molecule has 0 saturated carbocycles. The lowest BCUT2D eigenvalue weighted by Gasteiger charge is -2.31. The third kappa shape index (κ3) is 4.02. The van der Waals surface area contributed by atoms with Gasteiger partial charge in [0, 0.05) is 24.4 Å². The van der Waals surface area contributed by atoms with E-state index in [0.29, 0.717) is 44.7 Å². The highest BCUT2D eigenvalue weighted by atomic mass is 19.1. The summed E-state index contributed by atoms with van der Waals surface area (Å²) in [5.41, 5.74) is 3.14. The third-order valence-electron chi connectivity index (χ3n) is 4.51. The Morgan fingerprint density at radius 2 is 1.88 bits per heavy atom. The topological polar surface area (TPSA) is 55.8 Å². The highest BCUT2D eigenvalue weighted by Crippen LogP contribution is 2.36. The zero-order valence-corrected chi connectivity index (χ0v) is 14.8. The summed E-state index contributed by atoms with van der Waals surface area (Å²) in [5, 5.41) is 0. The van der Waals surface area contributed by atoms with Crippen molar-refractivity contribution in [1.29, 1.82) is 0 Å². The number of benzene rings is 1. The average Bonchev–Trinajstić information content (AvgIpc) is 3.07. The Morgan fingerprint density at radius 1 is 1.19 bits per heavy atom. The molecule has 26 heavy (non-hydrogen) atoms. The summed E-state index contributed by atoms with van der Waals surface area (Å²) in [4.78, 5) is 26.6. The maximum atomic E-state index is 13.1. The molecule has 0 unspecified atom stereocenters. The Bertz CT molecular complexity index is 746. The number of ether oxygens (including phenoxy) is 2. The van der Waals surface area contributed by atoms with E-state index in [2.05, 4.69) is 4.90 Å².